The number of carbonyl (C=O) groups is 1. The number of aryl methyl sites for hydroxylation is 1. The fraction of sp³-hybridized carbons (Fsp3) is 0.214. The summed E-state index contributed by atoms with van der Waals surface area (Å²) in [7, 11) is 0. The number of anilines is 1. The van der Waals surface area contributed by atoms with Gasteiger partial charge in [0.15, 0.2) is 0 Å². The maximum Gasteiger partial charge on any atom is 0.267 e. The van der Waals surface area contributed by atoms with Gasteiger partial charge in [-0.05, 0) is 31.5 Å². The Morgan fingerprint density at radius 1 is 1.26 bits per heavy atom. The topological polar surface area (TPSA) is 64.0 Å². The Hall–Kier alpha value is -2.43. The molecule has 19 heavy (non-hydrogen) atoms. The van der Waals surface area contributed by atoms with Crippen molar-refractivity contribution in [1.82, 2.24) is 9.78 Å². The molecule has 0 fully saturated rings. The first-order valence-corrected chi connectivity index (χ1v) is 6.00. The van der Waals surface area contributed by atoms with Crippen LogP contribution in [0.4, 0.5) is 5.69 Å². The van der Waals surface area contributed by atoms with Crippen molar-refractivity contribution in [2.24, 2.45) is 0 Å². The Balaban J connectivity index is 2.19. The number of amides is 1. The van der Waals surface area contributed by atoms with E-state index in [4.69, 9.17) is 0 Å². The molecule has 0 bridgehead atoms. The molecule has 0 radical (unpaired) electrons. The first-order valence-electron chi connectivity index (χ1n) is 6.00. The SMILES string of the molecule is Cc1ccccc1NC(=O)C(C)n1ncccc1=O. The number of nitrogens with one attached hydrogen (secondary N) is 1. The Bertz CT molecular complexity index is 649. The largest absolute Gasteiger partial charge is 0.324 e. The fourth-order valence-corrected chi connectivity index (χ4v) is 1.72. The van der Waals surface area contributed by atoms with Gasteiger partial charge in [-0.15, -0.1) is 0 Å². The standard InChI is InChI=1S/C14H15N3O2/c1-10-6-3-4-7-12(10)16-14(19)11(2)17-13(18)8-5-9-15-17/h3-9,11H,1-2H3,(H,16,19). The normalized spacial score (nSPS) is 11.9. The van der Waals surface area contributed by atoms with Crippen molar-refractivity contribution in [1.29, 1.82) is 0 Å². The number of hydrogen-bond acceptors (Lipinski definition) is 3. The lowest BCUT2D eigenvalue weighted by atomic mass is 10.2. The highest BCUT2D eigenvalue weighted by Gasteiger charge is 2.17. The molecule has 0 saturated carbocycles. The molecule has 1 atom stereocenters. The first-order chi connectivity index (χ1) is 9.09. The summed E-state index contributed by atoms with van der Waals surface area (Å²) >= 11 is 0. The summed E-state index contributed by atoms with van der Waals surface area (Å²) in [4.78, 5) is 23.7. The van der Waals surface area contributed by atoms with Gasteiger partial charge < -0.3 is 5.32 Å². The molecular formula is C14H15N3O2. The van der Waals surface area contributed by atoms with Crippen LogP contribution in [0.5, 0.6) is 0 Å². The van der Waals surface area contributed by atoms with E-state index in [1.807, 2.05) is 31.2 Å². The smallest absolute Gasteiger partial charge is 0.267 e. The number of hydrogen-bond donors (Lipinski definition) is 1. The zero-order valence-corrected chi connectivity index (χ0v) is 10.8. The Labute approximate surface area is 110 Å². The van der Waals surface area contributed by atoms with Crippen molar-refractivity contribution in [3.63, 3.8) is 0 Å². The third kappa shape index (κ3) is 2.88. The second-order valence-corrected chi connectivity index (χ2v) is 4.29. The maximum atomic E-state index is 12.1. The van der Waals surface area contributed by atoms with Crippen LogP contribution in [0.15, 0.2) is 47.4 Å². The lowest BCUT2D eigenvalue weighted by Gasteiger charge is -2.14. The highest BCUT2D eigenvalue weighted by Crippen LogP contribution is 2.15. The molecule has 1 aromatic carbocycles. The van der Waals surface area contributed by atoms with Gasteiger partial charge in [0.25, 0.3) is 5.56 Å². The Morgan fingerprint density at radius 3 is 2.68 bits per heavy atom. The van der Waals surface area contributed by atoms with E-state index in [9.17, 15) is 9.59 Å². The predicted octanol–water partition coefficient (Wildman–Crippen LogP) is 1.75. The molecule has 2 aromatic rings. The average Bonchev–Trinajstić information content (AvgIpc) is 2.41. The number of para-hydroxylation sites is 1. The van der Waals surface area contributed by atoms with Gasteiger partial charge in [0.1, 0.15) is 6.04 Å². The summed E-state index contributed by atoms with van der Waals surface area (Å²) < 4.78 is 1.16. The zero-order chi connectivity index (χ0) is 13.8. The van der Waals surface area contributed by atoms with Gasteiger partial charge in [0.2, 0.25) is 5.91 Å². The highest BCUT2D eigenvalue weighted by atomic mass is 16.2. The van der Waals surface area contributed by atoms with E-state index in [1.54, 1.807) is 13.0 Å². The molecule has 5 heteroatoms. The molecule has 0 spiro atoms. The molecule has 0 aliphatic rings. The summed E-state index contributed by atoms with van der Waals surface area (Å²) in [5.74, 6) is -0.268. The quantitative estimate of drug-likeness (QED) is 0.911. The van der Waals surface area contributed by atoms with Crippen LogP contribution >= 0.6 is 0 Å². The second kappa shape index (κ2) is 5.48. The van der Waals surface area contributed by atoms with Crippen molar-refractivity contribution in [2.45, 2.75) is 19.9 Å². The lowest BCUT2D eigenvalue weighted by Crippen LogP contribution is -2.32. The Kier molecular flexibility index (Phi) is 3.75. The van der Waals surface area contributed by atoms with E-state index >= 15 is 0 Å². The first kappa shape index (κ1) is 13.0. The van der Waals surface area contributed by atoms with Crippen molar-refractivity contribution in [2.75, 3.05) is 5.32 Å². The van der Waals surface area contributed by atoms with Gasteiger partial charge in [-0.25, -0.2) is 4.68 Å². The molecule has 1 aromatic heterocycles. The number of carbonyl (C=O) groups excluding carboxylic acids is 1. The average molecular weight is 257 g/mol. The minimum Gasteiger partial charge on any atom is -0.324 e. The van der Waals surface area contributed by atoms with Gasteiger partial charge in [0.05, 0.1) is 0 Å². The number of nitrogens with zero attached hydrogens (tertiary/aromatic N) is 2. The minimum atomic E-state index is -0.659. The molecule has 5 nitrogen and oxygen atoms in total. The maximum absolute atomic E-state index is 12.1. The number of rotatable bonds is 3. The van der Waals surface area contributed by atoms with Gasteiger partial charge in [0, 0.05) is 18.0 Å². The summed E-state index contributed by atoms with van der Waals surface area (Å²) in [6, 6.07) is 9.75. The van der Waals surface area contributed by atoms with Crippen molar-refractivity contribution in [3.8, 4) is 0 Å². The third-order valence-corrected chi connectivity index (χ3v) is 2.89. The van der Waals surface area contributed by atoms with E-state index in [0.717, 1.165) is 15.9 Å². The highest BCUT2D eigenvalue weighted by molar-refractivity contribution is 5.94. The van der Waals surface area contributed by atoms with Crippen LogP contribution in [0.1, 0.15) is 18.5 Å². The monoisotopic (exact) mass is 257 g/mol. The molecule has 0 aliphatic heterocycles. The molecule has 0 aliphatic carbocycles. The van der Waals surface area contributed by atoms with E-state index in [-0.39, 0.29) is 11.5 Å². The van der Waals surface area contributed by atoms with Crippen LogP contribution in [0.25, 0.3) is 0 Å². The van der Waals surface area contributed by atoms with Crippen LogP contribution in [0, 0.1) is 6.92 Å². The summed E-state index contributed by atoms with van der Waals surface area (Å²) in [5.41, 5.74) is 1.41. The van der Waals surface area contributed by atoms with E-state index in [0.29, 0.717) is 0 Å². The van der Waals surface area contributed by atoms with Crippen LogP contribution in [0.3, 0.4) is 0 Å². The van der Waals surface area contributed by atoms with Crippen molar-refractivity contribution < 1.29 is 4.79 Å². The predicted molar refractivity (Wildman–Crippen MR) is 73.0 cm³/mol. The molecule has 1 heterocycles. The molecule has 0 saturated heterocycles. The summed E-state index contributed by atoms with van der Waals surface area (Å²) in [6.45, 7) is 3.55. The zero-order valence-electron chi connectivity index (χ0n) is 10.8. The molecule has 2 rings (SSSR count). The molecule has 1 unspecified atom stereocenters. The van der Waals surface area contributed by atoms with E-state index in [2.05, 4.69) is 10.4 Å². The van der Waals surface area contributed by atoms with Crippen LogP contribution in [0.2, 0.25) is 0 Å². The molecule has 1 N–H and O–H groups in total. The molecule has 1 amide bonds. The van der Waals surface area contributed by atoms with E-state index in [1.165, 1.54) is 12.3 Å². The Morgan fingerprint density at radius 2 is 2.00 bits per heavy atom. The molecular weight excluding hydrogens is 242 g/mol. The second-order valence-electron chi connectivity index (χ2n) is 4.29. The van der Waals surface area contributed by atoms with Gasteiger partial charge >= 0.3 is 0 Å². The van der Waals surface area contributed by atoms with Gasteiger partial charge in [-0.3, -0.25) is 9.59 Å². The van der Waals surface area contributed by atoms with Gasteiger partial charge in [-0.1, -0.05) is 18.2 Å². The number of benzene rings is 1. The minimum absolute atomic E-state index is 0.268. The van der Waals surface area contributed by atoms with Crippen LogP contribution < -0.4 is 10.9 Å². The van der Waals surface area contributed by atoms with Crippen LogP contribution in [-0.4, -0.2) is 15.7 Å². The third-order valence-electron chi connectivity index (χ3n) is 2.89. The fourth-order valence-electron chi connectivity index (χ4n) is 1.72. The van der Waals surface area contributed by atoms with Gasteiger partial charge in [-0.2, -0.15) is 5.10 Å². The lowest BCUT2D eigenvalue weighted by molar-refractivity contribution is -0.119. The van der Waals surface area contributed by atoms with Crippen molar-refractivity contribution >= 4 is 11.6 Å². The summed E-state index contributed by atoms with van der Waals surface area (Å²) in [5, 5.41) is 6.70. The number of aromatic nitrogens is 2. The van der Waals surface area contributed by atoms with E-state index < -0.39 is 6.04 Å². The summed E-state index contributed by atoms with van der Waals surface area (Å²) in [6.07, 6.45) is 1.49. The molecule has 98 valence electrons. The van der Waals surface area contributed by atoms with Crippen LogP contribution in [-0.2, 0) is 4.79 Å². The van der Waals surface area contributed by atoms with Crippen molar-refractivity contribution in [3.05, 3.63) is 58.5 Å².